The molecule has 9 heteroatoms. The van der Waals surface area contributed by atoms with E-state index >= 15 is 0 Å². The lowest BCUT2D eigenvalue weighted by atomic mass is 9.74. The summed E-state index contributed by atoms with van der Waals surface area (Å²) in [6.07, 6.45) is 1.68. The number of hydrogen-bond acceptors (Lipinski definition) is 5. The van der Waals surface area contributed by atoms with Gasteiger partial charge in [-0.1, -0.05) is 29.8 Å². The molecule has 158 valence electrons. The summed E-state index contributed by atoms with van der Waals surface area (Å²) in [6, 6.07) is 11.3. The summed E-state index contributed by atoms with van der Waals surface area (Å²) in [6.45, 7) is 3.71. The predicted molar refractivity (Wildman–Crippen MR) is 122 cm³/mol. The van der Waals surface area contributed by atoms with Gasteiger partial charge in [0.2, 0.25) is 5.91 Å². The van der Waals surface area contributed by atoms with Gasteiger partial charge >= 0.3 is 0 Å². The highest BCUT2D eigenvalue weighted by Crippen LogP contribution is 2.35. The molecular formula is C21H23ClN4O2S2. The van der Waals surface area contributed by atoms with Crippen molar-refractivity contribution in [2.75, 3.05) is 19.8 Å². The Morgan fingerprint density at radius 3 is 2.77 bits per heavy atom. The minimum Gasteiger partial charge on any atom is -0.381 e. The van der Waals surface area contributed by atoms with Gasteiger partial charge in [-0.15, -0.1) is 11.3 Å². The molecule has 1 aromatic carbocycles. The quantitative estimate of drug-likeness (QED) is 0.518. The summed E-state index contributed by atoms with van der Waals surface area (Å²) in [7, 11) is 0. The molecule has 4 rings (SSSR count). The number of rotatable bonds is 6. The molecule has 0 bridgehead atoms. The first kappa shape index (κ1) is 21.2. The molecule has 1 aliphatic rings. The van der Waals surface area contributed by atoms with Crippen molar-refractivity contribution in [3.63, 3.8) is 0 Å². The molecule has 0 spiro atoms. The Morgan fingerprint density at radius 2 is 2.10 bits per heavy atom. The first-order valence-electron chi connectivity index (χ1n) is 9.82. The molecule has 3 heterocycles. The van der Waals surface area contributed by atoms with Crippen molar-refractivity contribution >= 4 is 41.1 Å². The molecule has 0 saturated carbocycles. The minimum atomic E-state index is -0.490. The van der Waals surface area contributed by atoms with E-state index in [1.807, 2.05) is 48.7 Å². The summed E-state index contributed by atoms with van der Waals surface area (Å²) < 4.78 is 7.79. The summed E-state index contributed by atoms with van der Waals surface area (Å²) in [4.78, 5) is 14.1. The third-order valence-corrected chi connectivity index (χ3v) is 7.13. The van der Waals surface area contributed by atoms with E-state index in [9.17, 15) is 4.79 Å². The molecule has 2 N–H and O–H groups in total. The molecule has 30 heavy (non-hydrogen) atoms. The van der Waals surface area contributed by atoms with Crippen molar-refractivity contribution in [1.82, 2.24) is 20.1 Å². The zero-order valence-corrected chi connectivity index (χ0v) is 18.9. The smallest absolute Gasteiger partial charge is 0.242 e. The summed E-state index contributed by atoms with van der Waals surface area (Å²) in [5.74, 6) is 0.585. The lowest BCUT2D eigenvalue weighted by Gasteiger charge is -2.38. The van der Waals surface area contributed by atoms with Crippen LogP contribution in [0.1, 0.15) is 31.4 Å². The first-order chi connectivity index (χ1) is 14.5. The molecule has 6 nitrogen and oxygen atoms in total. The van der Waals surface area contributed by atoms with E-state index in [0.29, 0.717) is 35.4 Å². The van der Waals surface area contributed by atoms with Crippen molar-refractivity contribution in [2.24, 2.45) is 0 Å². The molecule has 0 radical (unpaired) electrons. The van der Waals surface area contributed by atoms with Gasteiger partial charge in [0.05, 0.1) is 4.88 Å². The van der Waals surface area contributed by atoms with Crippen LogP contribution in [0.3, 0.4) is 0 Å². The monoisotopic (exact) mass is 462 g/mol. The molecular weight excluding hydrogens is 440 g/mol. The first-order valence-corrected chi connectivity index (χ1v) is 11.5. The number of amides is 1. The summed E-state index contributed by atoms with van der Waals surface area (Å²) in [5, 5.41) is 13.0. The number of nitrogens with zero attached hydrogens (tertiary/aromatic N) is 2. The van der Waals surface area contributed by atoms with Crippen LogP contribution < -0.4 is 5.32 Å². The number of H-pyrrole nitrogens is 1. The van der Waals surface area contributed by atoms with Crippen molar-refractivity contribution in [3.8, 4) is 10.7 Å². The van der Waals surface area contributed by atoms with Crippen LogP contribution in [-0.4, -0.2) is 40.4 Å². The largest absolute Gasteiger partial charge is 0.381 e. The maximum atomic E-state index is 13.1. The predicted octanol–water partition coefficient (Wildman–Crippen LogP) is 4.75. The van der Waals surface area contributed by atoms with E-state index in [1.165, 1.54) is 5.56 Å². The number of nitrogens with one attached hydrogen (secondary N) is 2. The molecule has 1 fully saturated rings. The molecule has 1 aliphatic heterocycles. The van der Waals surface area contributed by atoms with Crippen LogP contribution in [0.4, 0.5) is 0 Å². The number of hydrogen-bond donors (Lipinski definition) is 2. The van der Waals surface area contributed by atoms with Crippen LogP contribution in [0, 0.1) is 4.77 Å². The third-order valence-electron chi connectivity index (χ3n) is 5.72. The Kier molecular flexibility index (Phi) is 6.38. The van der Waals surface area contributed by atoms with Crippen molar-refractivity contribution in [1.29, 1.82) is 0 Å². The number of aromatic nitrogens is 3. The number of aromatic amines is 1. The Hall–Kier alpha value is -2.00. The lowest BCUT2D eigenvalue weighted by molar-refractivity contribution is -0.124. The van der Waals surface area contributed by atoms with Crippen LogP contribution >= 0.6 is 35.2 Å². The zero-order chi connectivity index (χ0) is 21.1. The minimum absolute atomic E-state index is 0.0925. The Balaban J connectivity index is 1.54. The van der Waals surface area contributed by atoms with E-state index in [1.54, 1.807) is 15.9 Å². The number of benzene rings is 1. The van der Waals surface area contributed by atoms with Crippen LogP contribution in [0.15, 0.2) is 41.8 Å². The lowest BCUT2D eigenvalue weighted by Crippen LogP contribution is -2.46. The van der Waals surface area contributed by atoms with Crippen LogP contribution in [-0.2, 0) is 14.9 Å². The molecule has 0 aliphatic carbocycles. The van der Waals surface area contributed by atoms with Gasteiger partial charge < -0.3 is 10.1 Å². The number of carbonyl (C=O) groups excluding carboxylic acids is 1. The molecule has 3 aromatic rings. The van der Waals surface area contributed by atoms with Crippen LogP contribution in [0.5, 0.6) is 0 Å². The van der Waals surface area contributed by atoms with Gasteiger partial charge in [-0.3, -0.25) is 14.5 Å². The molecule has 2 aromatic heterocycles. The average molecular weight is 463 g/mol. The van der Waals surface area contributed by atoms with E-state index in [-0.39, 0.29) is 11.3 Å². The Morgan fingerprint density at radius 1 is 1.37 bits per heavy atom. The molecule has 1 amide bonds. The second-order valence-electron chi connectivity index (χ2n) is 7.49. The van der Waals surface area contributed by atoms with Gasteiger partial charge in [-0.2, -0.15) is 5.10 Å². The zero-order valence-electron chi connectivity index (χ0n) is 16.6. The van der Waals surface area contributed by atoms with E-state index in [2.05, 4.69) is 15.5 Å². The normalized spacial score (nSPS) is 16.9. The van der Waals surface area contributed by atoms with Crippen LogP contribution in [0.25, 0.3) is 10.7 Å². The highest BCUT2D eigenvalue weighted by Gasteiger charge is 2.35. The second-order valence-corrected chi connectivity index (χ2v) is 9.26. The van der Waals surface area contributed by atoms with Gasteiger partial charge in [0.15, 0.2) is 10.6 Å². The average Bonchev–Trinajstić information content (AvgIpc) is 3.42. The van der Waals surface area contributed by atoms with Gasteiger partial charge in [0.25, 0.3) is 0 Å². The standard InChI is InChI=1S/C21H23ClN4O2S2/c1-14(26-18(24-25-20(26)29)17-3-2-12-30-17)19(27)23-13-21(8-10-28-11-9-21)15-4-6-16(22)7-5-15/h2-7,12,14H,8-11,13H2,1H3,(H,23,27)(H,25,29). The highest BCUT2D eigenvalue weighted by atomic mass is 35.5. The van der Waals surface area contributed by atoms with E-state index in [0.717, 1.165) is 17.7 Å². The maximum Gasteiger partial charge on any atom is 0.242 e. The van der Waals surface area contributed by atoms with Crippen molar-refractivity contribution in [2.45, 2.75) is 31.2 Å². The van der Waals surface area contributed by atoms with Gasteiger partial charge in [-0.05, 0) is 61.1 Å². The molecule has 1 atom stereocenters. The van der Waals surface area contributed by atoms with Gasteiger partial charge in [-0.25, -0.2) is 0 Å². The third kappa shape index (κ3) is 4.23. The molecule has 1 unspecified atom stereocenters. The van der Waals surface area contributed by atoms with E-state index < -0.39 is 6.04 Å². The molecule has 1 saturated heterocycles. The van der Waals surface area contributed by atoms with Crippen molar-refractivity contribution in [3.05, 3.63) is 57.1 Å². The SMILES string of the molecule is CC(C(=O)NCC1(c2ccc(Cl)cc2)CCOCC1)n1c(-c2cccs2)n[nH]c1=S. The fourth-order valence-corrected chi connectivity index (χ4v) is 5.02. The number of halogens is 1. The van der Waals surface area contributed by atoms with E-state index in [4.69, 9.17) is 28.6 Å². The Bertz CT molecular complexity index is 1050. The summed E-state index contributed by atoms with van der Waals surface area (Å²) >= 11 is 13.0. The van der Waals surface area contributed by atoms with Gasteiger partial charge in [0.1, 0.15) is 6.04 Å². The number of carbonyl (C=O) groups is 1. The van der Waals surface area contributed by atoms with Gasteiger partial charge in [0, 0.05) is 30.2 Å². The van der Waals surface area contributed by atoms with Crippen molar-refractivity contribution < 1.29 is 9.53 Å². The fraction of sp³-hybridized carbons (Fsp3) is 0.381. The van der Waals surface area contributed by atoms with Crippen LogP contribution in [0.2, 0.25) is 5.02 Å². The topological polar surface area (TPSA) is 71.9 Å². The number of thiophene rings is 1. The maximum absolute atomic E-state index is 13.1. The summed E-state index contributed by atoms with van der Waals surface area (Å²) in [5.41, 5.74) is 0.995. The Labute approximate surface area is 189 Å². The second kappa shape index (κ2) is 9.01. The highest BCUT2D eigenvalue weighted by molar-refractivity contribution is 7.71. The fourth-order valence-electron chi connectivity index (χ4n) is 3.90. The number of ether oxygens (including phenoxy) is 1.